The Morgan fingerprint density at radius 1 is 1.21 bits per heavy atom. The maximum Gasteiger partial charge on any atom is 0.123 e. The summed E-state index contributed by atoms with van der Waals surface area (Å²) in [4.78, 5) is 6.37. The molecule has 4 rings (SSSR count). The molecule has 0 amide bonds. The molecule has 0 bridgehead atoms. The van der Waals surface area contributed by atoms with Gasteiger partial charge < -0.3 is 9.47 Å². The van der Waals surface area contributed by atoms with E-state index in [1.165, 1.54) is 16.8 Å². The lowest BCUT2D eigenvalue weighted by atomic mass is 10.0. The zero-order valence-electron chi connectivity index (χ0n) is 14.0. The first kappa shape index (κ1) is 15.1. The Labute approximate surface area is 141 Å². The van der Waals surface area contributed by atoms with Gasteiger partial charge in [-0.05, 0) is 61.0 Å². The van der Waals surface area contributed by atoms with Crippen molar-refractivity contribution < 1.29 is 4.39 Å². The van der Waals surface area contributed by atoms with Gasteiger partial charge in [-0.15, -0.1) is 0 Å². The summed E-state index contributed by atoms with van der Waals surface area (Å²) in [6, 6.07) is 9.12. The molecular weight excluding hydrogens is 301 g/mol. The van der Waals surface area contributed by atoms with Gasteiger partial charge in [0.2, 0.25) is 0 Å². The van der Waals surface area contributed by atoms with Crippen molar-refractivity contribution in [1.29, 1.82) is 0 Å². The Bertz CT molecular complexity index is 925. The molecule has 1 aromatic carbocycles. The van der Waals surface area contributed by atoms with Crippen molar-refractivity contribution in [1.82, 2.24) is 14.5 Å². The molecule has 0 saturated heterocycles. The monoisotopic (exact) mass is 321 g/mol. The zero-order chi connectivity index (χ0) is 16.7. The number of pyridine rings is 1. The number of allylic oxidation sites excluding steroid dienone is 1. The van der Waals surface area contributed by atoms with Gasteiger partial charge in [0.15, 0.2) is 0 Å². The Balaban J connectivity index is 1.92. The van der Waals surface area contributed by atoms with Crippen molar-refractivity contribution in [3.05, 3.63) is 65.4 Å². The van der Waals surface area contributed by atoms with Crippen LogP contribution >= 0.6 is 0 Å². The first-order chi connectivity index (χ1) is 11.6. The van der Waals surface area contributed by atoms with Gasteiger partial charge in [0, 0.05) is 49.2 Å². The summed E-state index contributed by atoms with van der Waals surface area (Å²) in [6.45, 7) is 3.99. The molecule has 0 aliphatic carbocycles. The molecule has 3 nitrogen and oxygen atoms in total. The van der Waals surface area contributed by atoms with Crippen LogP contribution in [0.3, 0.4) is 0 Å². The third-order valence-corrected chi connectivity index (χ3v) is 4.80. The minimum absolute atomic E-state index is 0.175. The van der Waals surface area contributed by atoms with Crippen LogP contribution in [0.1, 0.15) is 23.7 Å². The summed E-state index contributed by atoms with van der Waals surface area (Å²) >= 11 is 0. The first-order valence-electron chi connectivity index (χ1n) is 8.22. The number of hydrogen-bond acceptors (Lipinski definition) is 2. The number of likely N-dealkylation sites (N-methyl/N-ethyl adjacent to an activating group) is 1. The summed E-state index contributed by atoms with van der Waals surface area (Å²) in [5.74, 6) is -0.175. The maximum atomic E-state index is 13.8. The molecule has 0 spiro atoms. The Morgan fingerprint density at radius 3 is 2.79 bits per heavy atom. The lowest BCUT2D eigenvalue weighted by Gasteiger charge is -2.23. The van der Waals surface area contributed by atoms with Crippen LogP contribution in [0.15, 0.2) is 42.7 Å². The third kappa shape index (κ3) is 2.53. The Hall–Kier alpha value is -2.46. The van der Waals surface area contributed by atoms with Gasteiger partial charge in [-0.2, -0.15) is 0 Å². The van der Waals surface area contributed by atoms with E-state index in [9.17, 15) is 4.39 Å². The Morgan fingerprint density at radius 2 is 2.00 bits per heavy atom. The van der Waals surface area contributed by atoms with Gasteiger partial charge in [-0.1, -0.05) is 0 Å². The molecule has 4 heteroatoms. The lowest BCUT2D eigenvalue weighted by Crippen LogP contribution is -2.26. The summed E-state index contributed by atoms with van der Waals surface area (Å²) < 4.78 is 16.0. The standard InChI is InChI=1S/C20H20FN3/c1-14(15-5-8-22-9-6-15)12-24-19-4-3-16(21)11-17(19)18-13-23(2)10-7-20(18)24/h3-6,8-9,11-12H,7,10,13H2,1-2H3/b14-12+. The number of hydrogen-bond donors (Lipinski definition) is 0. The van der Waals surface area contributed by atoms with Gasteiger partial charge in [-0.25, -0.2) is 4.39 Å². The average molecular weight is 321 g/mol. The second-order valence-corrected chi connectivity index (χ2v) is 6.49. The van der Waals surface area contributed by atoms with Crippen LogP contribution < -0.4 is 0 Å². The second kappa shape index (κ2) is 5.87. The van der Waals surface area contributed by atoms with E-state index in [0.29, 0.717) is 0 Å². The Kier molecular flexibility index (Phi) is 3.69. The predicted octanol–water partition coefficient (Wildman–Crippen LogP) is 4.18. The first-order valence-corrected chi connectivity index (χ1v) is 8.22. The van der Waals surface area contributed by atoms with Crippen molar-refractivity contribution in [2.24, 2.45) is 0 Å². The van der Waals surface area contributed by atoms with E-state index in [4.69, 9.17) is 0 Å². The third-order valence-electron chi connectivity index (χ3n) is 4.80. The van der Waals surface area contributed by atoms with E-state index in [0.717, 1.165) is 36.0 Å². The second-order valence-electron chi connectivity index (χ2n) is 6.49. The van der Waals surface area contributed by atoms with Crippen molar-refractivity contribution in [2.75, 3.05) is 13.6 Å². The number of halogens is 1. The van der Waals surface area contributed by atoms with Crippen LogP contribution in [0.5, 0.6) is 0 Å². The van der Waals surface area contributed by atoms with Crippen molar-refractivity contribution in [3.63, 3.8) is 0 Å². The van der Waals surface area contributed by atoms with Crippen LogP contribution in [-0.4, -0.2) is 28.0 Å². The number of fused-ring (bicyclic) bond motifs is 3. The molecule has 0 fully saturated rings. The van der Waals surface area contributed by atoms with Crippen molar-refractivity contribution >= 4 is 22.7 Å². The van der Waals surface area contributed by atoms with Crippen molar-refractivity contribution in [3.8, 4) is 0 Å². The molecule has 0 saturated carbocycles. The van der Waals surface area contributed by atoms with Crippen LogP contribution in [-0.2, 0) is 13.0 Å². The maximum absolute atomic E-state index is 13.8. The van der Waals surface area contributed by atoms with E-state index in [1.807, 2.05) is 18.2 Å². The fourth-order valence-electron chi connectivity index (χ4n) is 3.53. The molecule has 3 aromatic rings. The van der Waals surface area contributed by atoms with Crippen LogP contribution in [0.25, 0.3) is 22.7 Å². The van der Waals surface area contributed by atoms with Crippen LogP contribution in [0, 0.1) is 5.82 Å². The smallest absolute Gasteiger partial charge is 0.123 e. The highest BCUT2D eigenvalue weighted by molar-refractivity contribution is 5.90. The van der Waals surface area contributed by atoms with Gasteiger partial charge in [-0.3, -0.25) is 4.98 Å². The highest BCUT2D eigenvalue weighted by atomic mass is 19.1. The number of benzene rings is 1. The van der Waals surface area contributed by atoms with Gasteiger partial charge >= 0.3 is 0 Å². The van der Waals surface area contributed by atoms with E-state index in [-0.39, 0.29) is 5.82 Å². The summed E-state index contributed by atoms with van der Waals surface area (Å²) in [5.41, 5.74) is 5.93. The molecule has 3 heterocycles. The lowest BCUT2D eigenvalue weighted by molar-refractivity contribution is 0.312. The molecule has 24 heavy (non-hydrogen) atoms. The van der Waals surface area contributed by atoms with E-state index in [2.05, 4.69) is 34.6 Å². The van der Waals surface area contributed by atoms with Crippen LogP contribution in [0.2, 0.25) is 0 Å². The molecule has 1 aliphatic rings. The number of rotatable bonds is 2. The largest absolute Gasteiger partial charge is 0.320 e. The normalized spacial score (nSPS) is 15.7. The van der Waals surface area contributed by atoms with Gasteiger partial charge in [0.05, 0.1) is 5.52 Å². The predicted molar refractivity (Wildman–Crippen MR) is 96.0 cm³/mol. The van der Waals surface area contributed by atoms with E-state index < -0.39 is 0 Å². The SMILES string of the molecule is C/C(=C\n1c2c(c3cc(F)ccc31)CN(C)CC2)c1ccncc1. The molecule has 2 aromatic heterocycles. The molecular formula is C20H20FN3. The topological polar surface area (TPSA) is 21.1 Å². The number of nitrogens with zero attached hydrogens (tertiary/aromatic N) is 3. The fourth-order valence-corrected chi connectivity index (χ4v) is 3.53. The molecule has 0 unspecified atom stereocenters. The number of aromatic nitrogens is 2. The van der Waals surface area contributed by atoms with Gasteiger partial charge in [0.1, 0.15) is 5.82 Å². The summed E-state index contributed by atoms with van der Waals surface area (Å²) in [6.07, 6.45) is 6.75. The minimum Gasteiger partial charge on any atom is -0.320 e. The van der Waals surface area contributed by atoms with Gasteiger partial charge in [0.25, 0.3) is 0 Å². The average Bonchev–Trinajstić information content (AvgIpc) is 2.88. The van der Waals surface area contributed by atoms with Crippen molar-refractivity contribution in [2.45, 2.75) is 19.9 Å². The minimum atomic E-state index is -0.175. The molecule has 0 atom stereocenters. The highest BCUT2D eigenvalue weighted by Crippen LogP contribution is 2.32. The molecule has 122 valence electrons. The van der Waals surface area contributed by atoms with E-state index >= 15 is 0 Å². The fraction of sp³-hybridized carbons (Fsp3) is 0.250. The molecule has 0 radical (unpaired) electrons. The highest BCUT2D eigenvalue weighted by Gasteiger charge is 2.22. The quantitative estimate of drug-likeness (QED) is 0.706. The summed E-state index contributed by atoms with van der Waals surface area (Å²) in [5, 5.41) is 1.02. The van der Waals surface area contributed by atoms with Crippen LogP contribution in [0.4, 0.5) is 4.39 Å². The summed E-state index contributed by atoms with van der Waals surface area (Å²) in [7, 11) is 2.11. The zero-order valence-corrected chi connectivity index (χ0v) is 14.0. The molecule has 1 aliphatic heterocycles. The van der Waals surface area contributed by atoms with E-state index in [1.54, 1.807) is 24.5 Å². The molecule has 0 N–H and O–H groups in total.